The lowest BCUT2D eigenvalue weighted by atomic mass is 9.92. The quantitative estimate of drug-likeness (QED) is 0.716. The summed E-state index contributed by atoms with van der Waals surface area (Å²) < 4.78 is 0. The Morgan fingerprint density at radius 2 is 2.05 bits per heavy atom. The van der Waals surface area contributed by atoms with E-state index in [-0.39, 0.29) is 12.1 Å². The second-order valence-corrected chi connectivity index (χ2v) is 6.60. The van der Waals surface area contributed by atoms with E-state index < -0.39 is 0 Å². The van der Waals surface area contributed by atoms with Crippen molar-refractivity contribution in [3.05, 3.63) is 0 Å². The monoisotopic (exact) mass is 269 g/mol. The van der Waals surface area contributed by atoms with E-state index in [0.29, 0.717) is 12.0 Å². The number of aliphatic hydroxyl groups excluding tert-OH is 1. The molecular weight excluding hydrogens is 238 g/mol. The SMILES string of the molecule is CCCNC(CO)(CN1CCN(C)CC1C)C1CC1. The molecule has 2 atom stereocenters. The van der Waals surface area contributed by atoms with Gasteiger partial charge in [-0.2, -0.15) is 0 Å². The van der Waals surface area contributed by atoms with E-state index in [1.165, 1.54) is 12.8 Å². The third-order valence-electron chi connectivity index (χ3n) is 4.82. The van der Waals surface area contributed by atoms with Crippen molar-refractivity contribution in [1.29, 1.82) is 0 Å². The molecule has 19 heavy (non-hydrogen) atoms. The fraction of sp³-hybridized carbons (Fsp3) is 1.00. The topological polar surface area (TPSA) is 38.7 Å². The van der Waals surface area contributed by atoms with E-state index in [4.69, 9.17) is 0 Å². The number of rotatable bonds is 7. The molecule has 0 spiro atoms. The number of aliphatic hydroxyl groups is 1. The first-order valence-corrected chi connectivity index (χ1v) is 7.90. The van der Waals surface area contributed by atoms with Crippen LogP contribution in [0.2, 0.25) is 0 Å². The van der Waals surface area contributed by atoms with E-state index >= 15 is 0 Å². The smallest absolute Gasteiger partial charge is 0.0628 e. The van der Waals surface area contributed by atoms with Gasteiger partial charge in [-0.25, -0.2) is 0 Å². The van der Waals surface area contributed by atoms with Gasteiger partial charge in [0.2, 0.25) is 0 Å². The summed E-state index contributed by atoms with van der Waals surface area (Å²) >= 11 is 0. The van der Waals surface area contributed by atoms with E-state index in [1.807, 2.05) is 0 Å². The summed E-state index contributed by atoms with van der Waals surface area (Å²) in [6.07, 6.45) is 3.69. The van der Waals surface area contributed by atoms with Crippen LogP contribution in [-0.2, 0) is 0 Å². The molecule has 0 aromatic carbocycles. The molecule has 4 heteroatoms. The number of piperazine rings is 1. The molecule has 112 valence electrons. The second-order valence-electron chi connectivity index (χ2n) is 6.60. The van der Waals surface area contributed by atoms with Crippen LogP contribution in [0, 0.1) is 5.92 Å². The predicted molar refractivity (Wildman–Crippen MR) is 79.4 cm³/mol. The molecule has 2 unspecified atom stereocenters. The van der Waals surface area contributed by atoms with Gasteiger partial charge in [-0.3, -0.25) is 4.90 Å². The van der Waals surface area contributed by atoms with Gasteiger partial charge < -0.3 is 15.3 Å². The molecule has 0 aromatic heterocycles. The summed E-state index contributed by atoms with van der Waals surface area (Å²) in [6, 6.07) is 0.590. The van der Waals surface area contributed by atoms with Crippen LogP contribution in [-0.4, -0.2) is 72.9 Å². The van der Waals surface area contributed by atoms with Gasteiger partial charge in [0.25, 0.3) is 0 Å². The third-order valence-corrected chi connectivity index (χ3v) is 4.82. The number of hydrogen-bond acceptors (Lipinski definition) is 4. The zero-order valence-electron chi connectivity index (χ0n) is 12.9. The highest BCUT2D eigenvalue weighted by atomic mass is 16.3. The Hall–Kier alpha value is -0.160. The fourth-order valence-corrected chi connectivity index (χ4v) is 3.35. The van der Waals surface area contributed by atoms with Gasteiger partial charge in [-0.15, -0.1) is 0 Å². The Kier molecular flexibility index (Phi) is 5.23. The molecule has 0 amide bonds. The fourth-order valence-electron chi connectivity index (χ4n) is 3.35. The lowest BCUT2D eigenvalue weighted by Gasteiger charge is -2.44. The zero-order chi connectivity index (χ0) is 13.9. The van der Waals surface area contributed by atoms with Crippen molar-refractivity contribution < 1.29 is 5.11 Å². The molecule has 1 aliphatic carbocycles. The van der Waals surface area contributed by atoms with Gasteiger partial charge in [-0.05, 0) is 45.7 Å². The van der Waals surface area contributed by atoms with Crippen LogP contribution in [0.1, 0.15) is 33.1 Å². The molecule has 1 saturated carbocycles. The van der Waals surface area contributed by atoms with Gasteiger partial charge in [0.05, 0.1) is 12.1 Å². The van der Waals surface area contributed by atoms with Crippen LogP contribution in [0.3, 0.4) is 0 Å². The molecule has 1 heterocycles. The summed E-state index contributed by atoms with van der Waals surface area (Å²) in [4.78, 5) is 4.97. The molecule has 2 fully saturated rings. The molecule has 0 bridgehead atoms. The standard InChI is InChI=1S/C15H31N3O/c1-4-7-16-15(12-19,14-5-6-14)11-18-9-8-17(3)10-13(18)2/h13-14,16,19H,4-12H2,1-3H3. The van der Waals surface area contributed by atoms with Crippen LogP contribution in [0.25, 0.3) is 0 Å². The van der Waals surface area contributed by atoms with Crippen molar-refractivity contribution in [2.75, 3.05) is 46.4 Å². The van der Waals surface area contributed by atoms with Crippen molar-refractivity contribution >= 4 is 0 Å². The van der Waals surface area contributed by atoms with E-state index in [2.05, 4.69) is 36.0 Å². The minimum absolute atomic E-state index is 0.0554. The largest absolute Gasteiger partial charge is 0.394 e. The first-order valence-electron chi connectivity index (χ1n) is 7.90. The summed E-state index contributed by atoms with van der Waals surface area (Å²) in [7, 11) is 2.20. The Balaban J connectivity index is 1.98. The predicted octanol–water partition coefficient (Wildman–Crippen LogP) is 0.763. The Morgan fingerprint density at radius 1 is 1.32 bits per heavy atom. The van der Waals surface area contributed by atoms with Gasteiger partial charge >= 0.3 is 0 Å². The first-order chi connectivity index (χ1) is 9.11. The summed E-state index contributed by atoms with van der Waals surface area (Å²) in [5.41, 5.74) is -0.0554. The van der Waals surface area contributed by atoms with E-state index in [9.17, 15) is 5.11 Å². The minimum Gasteiger partial charge on any atom is -0.394 e. The number of nitrogens with one attached hydrogen (secondary N) is 1. The maximum absolute atomic E-state index is 9.98. The molecular formula is C15H31N3O. The van der Waals surface area contributed by atoms with Crippen LogP contribution in [0.15, 0.2) is 0 Å². The Labute approximate surface area is 118 Å². The summed E-state index contributed by atoms with van der Waals surface area (Å²) in [5.74, 6) is 0.677. The number of nitrogens with zero attached hydrogens (tertiary/aromatic N) is 2. The lowest BCUT2D eigenvalue weighted by Crippen LogP contribution is -2.62. The molecule has 1 aliphatic heterocycles. The summed E-state index contributed by atoms with van der Waals surface area (Å²) in [6.45, 7) is 10.2. The Morgan fingerprint density at radius 3 is 2.58 bits per heavy atom. The number of hydrogen-bond donors (Lipinski definition) is 2. The van der Waals surface area contributed by atoms with Gasteiger partial charge in [0, 0.05) is 32.2 Å². The highest BCUT2D eigenvalue weighted by Gasteiger charge is 2.46. The molecule has 2 aliphatic rings. The average Bonchev–Trinajstić information content (AvgIpc) is 3.22. The van der Waals surface area contributed by atoms with Crippen LogP contribution in [0.5, 0.6) is 0 Å². The molecule has 4 nitrogen and oxygen atoms in total. The van der Waals surface area contributed by atoms with Crippen molar-refractivity contribution in [2.45, 2.75) is 44.7 Å². The van der Waals surface area contributed by atoms with Gasteiger partial charge in [-0.1, -0.05) is 6.92 Å². The van der Waals surface area contributed by atoms with Crippen molar-refractivity contribution in [3.63, 3.8) is 0 Å². The average molecular weight is 269 g/mol. The number of likely N-dealkylation sites (N-methyl/N-ethyl adjacent to an activating group) is 1. The van der Waals surface area contributed by atoms with Gasteiger partial charge in [0.15, 0.2) is 0 Å². The van der Waals surface area contributed by atoms with Crippen molar-refractivity contribution in [3.8, 4) is 0 Å². The van der Waals surface area contributed by atoms with Crippen LogP contribution in [0.4, 0.5) is 0 Å². The third kappa shape index (κ3) is 3.69. The molecule has 2 N–H and O–H groups in total. The van der Waals surface area contributed by atoms with Crippen molar-refractivity contribution in [1.82, 2.24) is 15.1 Å². The highest BCUT2D eigenvalue weighted by molar-refractivity contribution is 5.03. The summed E-state index contributed by atoms with van der Waals surface area (Å²) in [5, 5.41) is 13.7. The van der Waals surface area contributed by atoms with Crippen LogP contribution < -0.4 is 5.32 Å². The van der Waals surface area contributed by atoms with E-state index in [1.54, 1.807) is 0 Å². The second kappa shape index (κ2) is 6.53. The maximum Gasteiger partial charge on any atom is 0.0628 e. The molecule has 0 aromatic rings. The molecule has 1 saturated heterocycles. The first kappa shape index (κ1) is 15.2. The maximum atomic E-state index is 9.98. The highest BCUT2D eigenvalue weighted by Crippen LogP contribution is 2.40. The normalized spacial score (nSPS) is 29.4. The van der Waals surface area contributed by atoms with E-state index in [0.717, 1.165) is 39.1 Å². The molecule has 0 radical (unpaired) electrons. The van der Waals surface area contributed by atoms with Crippen LogP contribution >= 0.6 is 0 Å². The minimum atomic E-state index is -0.0554. The lowest BCUT2D eigenvalue weighted by molar-refractivity contribution is 0.0378. The van der Waals surface area contributed by atoms with Gasteiger partial charge in [0.1, 0.15) is 0 Å². The zero-order valence-corrected chi connectivity index (χ0v) is 12.9. The van der Waals surface area contributed by atoms with Crippen molar-refractivity contribution in [2.24, 2.45) is 5.92 Å². The Bertz CT molecular complexity index is 283. The molecule has 2 rings (SSSR count).